The molecule has 2 aliphatic heterocycles. The molecule has 0 aromatic heterocycles. The highest BCUT2D eigenvalue weighted by Crippen LogP contribution is 2.21. The predicted octanol–water partition coefficient (Wildman–Crippen LogP) is 1.18. The molecule has 0 aliphatic carbocycles. The normalized spacial score (nSPS) is 26.1. The topological polar surface area (TPSA) is 69.9 Å². The zero-order valence-corrected chi connectivity index (χ0v) is 16.8. The van der Waals surface area contributed by atoms with E-state index in [9.17, 15) is 9.59 Å². The van der Waals surface area contributed by atoms with Crippen LogP contribution in [0.4, 0.5) is 0 Å². The van der Waals surface area contributed by atoms with Gasteiger partial charge in [-0.1, -0.05) is 27.2 Å². The lowest BCUT2D eigenvalue weighted by atomic mass is 9.92. The van der Waals surface area contributed by atoms with E-state index in [2.05, 4.69) is 18.7 Å². The summed E-state index contributed by atoms with van der Waals surface area (Å²) in [6.07, 6.45) is 2.87. The van der Waals surface area contributed by atoms with Crippen LogP contribution in [0, 0.1) is 11.8 Å². The van der Waals surface area contributed by atoms with E-state index < -0.39 is 0 Å². The first-order valence-corrected chi connectivity index (χ1v) is 9.45. The average molecular weight is 375 g/mol. The number of nitrogens with zero attached hydrogens (tertiary/aromatic N) is 3. The van der Waals surface area contributed by atoms with Gasteiger partial charge in [-0.25, -0.2) is 0 Å². The number of carbonyl (C=O) groups excluding carboxylic acids is 2. The van der Waals surface area contributed by atoms with Crippen LogP contribution in [0.1, 0.15) is 40.0 Å². The van der Waals surface area contributed by atoms with Crippen LogP contribution in [0.15, 0.2) is 0 Å². The van der Waals surface area contributed by atoms with Gasteiger partial charge in [0.15, 0.2) is 0 Å². The Labute approximate surface area is 158 Å². The molecule has 2 amide bonds. The SMILES string of the molecule is CCCC(N)C(=O)N1CCN(CC(=O)N2CC(C)CC(C)C2)CC1.Cl. The maximum atomic E-state index is 12.5. The van der Waals surface area contributed by atoms with Gasteiger partial charge in [0.25, 0.3) is 0 Å². The summed E-state index contributed by atoms with van der Waals surface area (Å²) in [7, 11) is 0. The van der Waals surface area contributed by atoms with Gasteiger partial charge in [-0.2, -0.15) is 0 Å². The molecule has 2 saturated heterocycles. The van der Waals surface area contributed by atoms with Crippen LogP contribution in [-0.4, -0.2) is 78.4 Å². The van der Waals surface area contributed by atoms with E-state index in [4.69, 9.17) is 5.73 Å². The number of carbonyl (C=O) groups is 2. The van der Waals surface area contributed by atoms with E-state index in [-0.39, 0.29) is 30.3 Å². The van der Waals surface area contributed by atoms with Crippen molar-refractivity contribution in [1.82, 2.24) is 14.7 Å². The van der Waals surface area contributed by atoms with Gasteiger partial charge in [0.05, 0.1) is 12.6 Å². The van der Waals surface area contributed by atoms with Crippen molar-refractivity contribution < 1.29 is 9.59 Å². The summed E-state index contributed by atoms with van der Waals surface area (Å²) in [6, 6.07) is -0.375. The summed E-state index contributed by atoms with van der Waals surface area (Å²) in [5, 5.41) is 0. The first-order chi connectivity index (χ1) is 11.4. The third kappa shape index (κ3) is 6.42. The molecule has 7 heteroatoms. The lowest BCUT2D eigenvalue weighted by molar-refractivity contribution is -0.137. The number of hydrogen-bond donors (Lipinski definition) is 1. The van der Waals surface area contributed by atoms with Gasteiger partial charge < -0.3 is 15.5 Å². The van der Waals surface area contributed by atoms with Crippen molar-refractivity contribution in [3.05, 3.63) is 0 Å². The second-order valence-corrected chi connectivity index (χ2v) is 7.74. The molecule has 25 heavy (non-hydrogen) atoms. The molecule has 2 fully saturated rings. The van der Waals surface area contributed by atoms with Gasteiger partial charge in [0.2, 0.25) is 11.8 Å². The Morgan fingerprint density at radius 2 is 1.60 bits per heavy atom. The van der Waals surface area contributed by atoms with Gasteiger partial charge in [-0.15, -0.1) is 12.4 Å². The molecule has 2 heterocycles. The molecule has 3 atom stereocenters. The summed E-state index contributed by atoms with van der Waals surface area (Å²) in [5.74, 6) is 1.47. The highest BCUT2D eigenvalue weighted by molar-refractivity contribution is 5.85. The molecule has 0 spiro atoms. The van der Waals surface area contributed by atoms with Gasteiger partial charge >= 0.3 is 0 Å². The molecule has 3 unspecified atom stereocenters. The second kappa shape index (κ2) is 10.3. The lowest BCUT2D eigenvalue weighted by Crippen LogP contribution is -2.55. The maximum absolute atomic E-state index is 12.5. The Hall–Kier alpha value is -0.850. The second-order valence-electron chi connectivity index (χ2n) is 7.74. The smallest absolute Gasteiger partial charge is 0.239 e. The summed E-state index contributed by atoms with van der Waals surface area (Å²) in [4.78, 5) is 30.8. The zero-order chi connectivity index (χ0) is 17.7. The molecule has 0 bridgehead atoms. The molecular formula is C18H35ClN4O2. The number of piperazine rings is 1. The minimum absolute atomic E-state index is 0. The van der Waals surface area contributed by atoms with Gasteiger partial charge in [0, 0.05) is 39.3 Å². The monoisotopic (exact) mass is 374 g/mol. The van der Waals surface area contributed by atoms with E-state index in [0.29, 0.717) is 31.5 Å². The van der Waals surface area contributed by atoms with Gasteiger partial charge in [-0.3, -0.25) is 14.5 Å². The fraction of sp³-hybridized carbons (Fsp3) is 0.889. The summed E-state index contributed by atoms with van der Waals surface area (Å²) < 4.78 is 0. The summed E-state index contributed by atoms with van der Waals surface area (Å²) >= 11 is 0. The highest BCUT2D eigenvalue weighted by Gasteiger charge is 2.29. The van der Waals surface area contributed by atoms with E-state index in [1.807, 2.05) is 16.7 Å². The Bertz CT molecular complexity index is 431. The Morgan fingerprint density at radius 1 is 1.04 bits per heavy atom. The number of piperidine rings is 1. The molecule has 2 N–H and O–H groups in total. The first kappa shape index (κ1) is 22.2. The van der Waals surface area contributed by atoms with E-state index in [1.54, 1.807) is 0 Å². The van der Waals surface area contributed by atoms with Crippen LogP contribution in [0.2, 0.25) is 0 Å². The Balaban J connectivity index is 0.00000312. The summed E-state index contributed by atoms with van der Waals surface area (Å²) in [6.45, 7) is 11.6. The van der Waals surface area contributed by atoms with Gasteiger partial charge in [-0.05, 0) is 24.7 Å². The molecule has 2 aliphatic rings. The molecular weight excluding hydrogens is 340 g/mol. The number of likely N-dealkylation sites (tertiary alicyclic amines) is 1. The van der Waals surface area contributed by atoms with Crippen molar-refractivity contribution in [1.29, 1.82) is 0 Å². The van der Waals surface area contributed by atoms with Crippen molar-refractivity contribution in [2.24, 2.45) is 17.6 Å². The van der Waals surface area contributed by atoms with Crippen LogP contribution in [0.25, 0.3) is 0 Å². The molecule has 0 radical (unpaired) electrons. The minimum Gasteiger partial charge on any atom is -0.341 e. The van der Waals surface area contributed by atoms with E-state index in [0.717, 1.165) is 39.0 Å². The molecule has 0 saturated carbocycles. The fourth-order valence-electron chi connectivity index (χ4n) is 3.95. The number of rotatable bonds is 5. The molecule has 0 aromatic carbocycles. The van der Waals surface area contributed by atoms with Crippen molar-refractivity contribution in [3.63, 3.8) is 0 Å². The number of hydrogen-bond acceptors (Lipinski definition) is 4. The number of nitrogens with two attached hydrogens (primary N) is 1. The average Bonchev–Trinajstić information content (AvgIpc) is 2.54. The van der Waals surface area contributed by atoms with Crippen LogP contribution >= 0.6 is 12.4 Å². The van der Waals surface area contributed by atoms with Crippen LogP contribution < -0.4 is 5.73 Å². The molecule has 6 nitrogen and oxygen atoms in total. The van der Waals surface area contributed by atoms with E-state index in [1.165, 1.54) is 6.42 Å². The molecule has 0 aromatic rings. The summed E-state index contributed by atoms with van der Waals surface area (Å²) in [5.41, 5.74) is 5.93. The van der Waals surface area contributed by atoms with Crippen molar-refractivity contribution in [2.45, 2.75) is 46.1 Å². The number of amides is 2. The highest BCUT2D eigenvalue weighted by atomic mass is 35.5. The first-order valence-electron chi connectivity index (χ1n) is 9.45. The van der Waals surface area contributed by atoms with Crippen LogP contribution in [0.3, 0.4) is 0 Å². The molecule has 2 rings (SSSR count). The maximum Gasteiger partial charge on any atom is 0.239 e. The van der Waals surface area contributed by atoms with Crippen LogP contribution in [0.5, 0.6) is 0 Å². The third-order valence-corrected chi connectivity index (χ3v) is 5.18. The van der Waals surface area contributed by atoms with Crippen molar-refractivity contribution in [3.8, 4) is 0 Å². The fourth-order valence-corrected chi connectivity index (χ4v) is 3.95. The van der Waals surface area contributed by atoms with Gasteiger partial charge in [0.1, 0.15) is 0 Å². The Morgan fingerprint density at radius 3 is 2.12 bits per heavy atom. The largest absolute Gasteiger partial charge is 0.341 e. The molecule has 146 valence electrons. The van der Waals surface area contributed by atoms with Crippen LogP contribution in [-0.2, 0) is 9.59 Å². The minimum atomic E-state index is -0.375. The van der Waals surface area contributed by atoms with Crippen molar-refractivity contribution in [2.75, 3.05) is 45.8 Å². The third-order valence-electron chi connectivity index (χ3n) is 5.18. The van der Waals surface area contributed by atoms with Crippen molar-refractivity contribution >= 4 is 24.2 Å². The lowest BCUT2D eigenvalue weighted by Gasteiger charge is -2.38. The van der Waals surface area contributed by atoms with E-state index >= 15 is 0 Å². The standard InChI is InChI=1S/C18H34N4O2.ClH/c1-4-5-16(19)18(24)21-8-6-20(7-9-21)13-17(23)22-11-14(2)10-15(3)12-22;/h14-16H,4-13,19H2,1-3H3;1H. The zero-order valence-electron chi connectivity index (χ0n) is 15.9. The predicted molar refractivity (Wildman–Crippen MR) is 103 cm³/mol. The Kier molecular flexibility index (Phi) is 9.17. The quantitative estimate of drug-likeness (QED) is 0.784. The number of halogens is 1.